The summed E-state index contributed by atoms with van der Waals surface area (Å²) in [6, 6.07) is 12.5. The van der Waals surface area contributed by atoms with E-state index in [1.165, 1.54) is 15.4 Å². The fourth-order valence-corrected chi connectivity index (χ4v) is 6.83. The van der Waals surface area contributed by atoms with E-state index in [0.29, 0.717) is 5.57 Å². The predicted molar refractivity (Wildman–Crippen MR) is 197 cm³/mol. The lowest BCUT2D eigenvalue weighted by Crippen LogP contribution is -2.32. The number of ketones is 1. The van der Waals surface area contributed by atoms with E-state index in [2.05, 4.69) is 131 Å². The molecule has 2 aliphatic rings. The summed E-state index contributed by atoms with van der Waals surface area (Å²) in [6.45, 7) is 27.0. The van der Waals surface area contributed by atoms with Gasteiger partial charge in [-0.25, -0.2) is 4.42 Å². The van der Waals surface area contributed by atoms with Crippen molar-refractivity contribution in [1.82, 2.24) is 5.32 Å². The van der Waals surface area contributed by atoms with Crippen molar-refractivity contribution in [3.05, 3.63) is 110 Å². The molecule has 3 nitrogen and oxygen atoms in total. The summed E-state index contributed by atoms with van der Waals surface area (Å²) in [5.74, 6) is 1.73. The van der Waals surface area contributed by atoms with E-state index in [1.54, 1.807) is 0 Å². The molecular formula is C40H52NO2S2+. The molecule has 0 saturated heterocycles. The molecule has 1 aromatic carbocycles. The van der Waals surface area contributed by atoms with Gasteiger partial charge in [0.25, 0.3) is 0 Å². The monoisotopic (exact) mass is 642 g/mol. The van der Waals surface area contributed by atoms with Crippen LogP contribution in [0.25, 0.3) is 6.08 Å². The van der Waals surface area contributed by atoms with Crippen molar-refractivity contribution < 1.29 is 9.21 Å². The summed E-state index contributed by atoms with van der Waals surface area (Å²) in [5, 5.41) is 3.65. The van der Waals surface area contributed by atoms with Crippen molar-refractivity contribution in [1.29, 1.82) is 0 Å². The average Bonchev–Trinajstić information content (AvgIpc) is 2.92. The molecule has 0 fully saturated rings. The number of thiol groups is 1. The number of thioether (sulfide) groups is 1. The van der Waals surface area contributed by atoms with Crippen LogP contribution in [0.5, 0.6) is 0 Å². The standard InChI is InChI=1S/C40H51NO2S2/c1-37(2,3)30-24-27(35(44)36(43-30)40(10,11)12)23-29-33(41-19-18-25-16-14-13-15-17-25)28(34(29)42)20-26-21-31(38(4,5)6)45-32(22-26)39(7,8)9/h13-17,20-24H,18-19H2,1-12H3,(H-,41,42,44)/p+1. The van der Waals surface area contributed by atoms with Crippen LogP contribution in [0.4, 0.5) is 0 Å². The summed E-state index contributed by atoms with van der Waals surface area (Å²) < 4.78 is 6.43. The molecule has 1 aromatic heterocycles. The van der Waals surface area contributed by atoms with Crippen LogP contribution in [0.15, 0.2) is 96.2 Å². The Morgan fingerprint density at radius 2 is 1.38 bits per heavy atom. The molecule has 5 heteroatoms. The molecule has 0 spiro atoms. The second-order valence-corrected chi connectivity index (χ2v) is 17.9. The highest BCUT2D eigenvalue weighted by Crippen LogP contribution is 2.49. The van der Waals surface area contributed by atoms with Gasteiger partial charge in [0.1, 0.15) is 4.90 Å². The first-order chi connectivity index (χ1) is 20.7. The molecule has 1 aliphatic heterocycles. The molecule has 4 rings (SSSR count). The highest BCUT2D eigenvalue weighted by atomic mass is 32.2. The second-order valence-electron chi connectivity index (χ2n) is 16.3. The minimum absolute atomic E-state index is 0.00516. The second kappa shape index (κ2) is 12.8. The SMILES string of the molecule is CC(C)(C)C1=CC(=CC2=C(NCCc3ccccc3)C(=Cc3cc(C(C)(C)C)[o+]c(C(C)(C)C)c3S)C2=O)C=C(C(C)(C)C)S1. The van der Waals surface area contributed by atoms with Gasteiger partial charge in [-0.15, -0.1) is 12.6 Å². The van der Waals surface area contributed by atoms with Crippen molar-refractivity contribution in [3.63, 3.8) is 0 Å². The maximum Gasteiger partial charge on any atom is 0.348 e. The van der Waals surface area contributed by atoms with Gasteiger partial charge in [-0.3, -0.25) is 4.79 Å². The normalized spacial score (nSPS) is 17.3. The van der Waals surface area contributed by atoms with Crippen LogP contribution < -0.4 is 5.32 Å². The third kappa shape index (κ3) is 8.34. The van der Waals surface area contributed by atoms with Gasteiger partial charge in [-0.2, -0.15) is 0 Å². The van der Waals surface area contributed by atoms with Crippen LogP contribution in [0.2, 0.25) is 0 Å². The maximum absolute atomic E-state index is 14.0. The molecule has 0 amide bonds. The molecule has 0 radical (unpaired) electrons. The van der Waals surface area contributed by atoms with Crippen LogP contribution in [0.1, 0.15) is 106 Å². The highest BCUT2D eigenvalue weighted by molar-refractivity contribution is 8.06. The molecule has 2 aromatic rings. The first-order valence-electron chi connectivity index (χ1n) is 16.0. The Kier molecular flexibility index (Phi) is 9.98. The zero-order valence-corrected chi connectivity index (χ0v) is 31.1. The molecule has 45 heavy (non-hydrogen) atoms. The van der Waals surface area contributed by atoms with Gasteiger partial charge in [0, 0.05) is 29.3 Å². The Morgan fingerprint density at radius 1 is 0.800 bits per heavy atom. The number of hydrogen-bond donors (Lipinski definition) is 2. The molecule has 0 atom stereocenters. The number of allylic oxidation sites excluding steroid dienone is 8. The zero-order chi connectivity index (χ0) is 33.5. The largest absolute Gasteiger partial charge is 0.384 e. The van der Waals surface area contributed by atoms with Crippen molar-refractivity contribution in [2.24, 2.45) is 10.8 Å². The minimum atomic E-state index is -0.245. The van der Waals surface area contributed by atoms with Gasteiger partial charge in [0.15, 0.2) is 5.78 Å². The smallest absolute Gasteiger partial charge is 0.348 e. The van der Waals surface area contributed by atoms with E-state index in [-0.39, 0.29) is 27.4 Å². The molecule has 240 valence electrons. The molecule has 0 unspecified atom stereocenters. The quantitative estimate of drug-likeness (QED) is 0.187. The summed E-state index contributed by atoms with van der Waals surface area (Å²) in [6.07, 6.45) is 9.43. The Balaban J connectivity index is 1.86. The summed E-state index contributed by atoms with van der Waals surface area (Å²) in [5.41, 5.74) is 5.08. The molecule has 2 heterocycles. The Morgan fingerprint density at radius 3 is 1.89 bits per heavy atom. The summed E-state index contributed by atoms with van der Waals surface area (Å²) in [7, 11) is 0. The van der Waals surface area contributed by atoms with E-state index in [0.717, 1.165) is 51.8 Å². The zero-order valence-electron chi connectivity index (χ0n) is 29.4. The van der Waals surface area contributed by atoms with E-state index < -0.39 is 0 Å². The number of nitrogens with one attached hydrogen (secondary N) is 1. The molecule has 0 saturated carbocycles. The van der Waals surface area contributed by atoms with Gasteiger partial charge in [-0.1, -0.05) is 83.6 Å². The topological polar surface area (TPSA) is 40.4 Å². The van der Waals surface area contributed by atoms with Gasteiger partial charge >= 0.3 is 11.5 Å². The van der Waals surface area contributed by atoms with Crippen molar-refractivity contribution in [2.45, 2.75) is 105 Å². The number of benzene rings is 1. The Bertz CT molecular complexity index is 1590. The highest BCUT2D eigenvalue weighted by Gasteiger charge is 2.38. The van der Waals surface area contributed by atoms with Gasteiger partial charge < -0.3 is 5.32 Å². The van der Waals surface area contributed by atoms with Gasteiger partial charge in [0.05, 0.1) is 16.5 Å². The molecular weight excluding hydrogens is 591 g/mol. The van der Waals surface area contributed by atoms with Crippen LogP contribution >= 0.6 is 24.4 Å². The summed E-state index contributed by atoms with van der Waals surface area (Å²) in [4.78, 5) is 17.4. The van der Waals surface area contributed by atoms with Crippen molar-refractivity contribution in [2.75, 3.05) is 6.54 Å². The van der Waals surface area contributed by atoms with E-state index in [9.17, 15) is 4.79 Å². The minimum Gasteiger partial charge on any atom is -0.384 e. The van der Waals surface area contributed by atoms with E-state index in [4.69, 9.17) is 17.0 Å². The number of carbonyl (C=O) groups excluding carboxylic acids is 1. The lowest BCUT2D eigenvalue weighted by atomic mass is 9.82. The fraction of sp³-hybridized carbons (Fsp3) is 0.450. The number of rotatable bonds is 6. The van der Waals surface area contributed by atoms with Gasteiger partial charge in [-0.05, 0) is 104 Å². The van der Waals surface area contributed by atoms with Gasteiger partial charge in [0.2, 0.25) is 0 Å². The van der Waals surface area contributed by atoms with E-state index in [1.807, 2.05) is 30.0 Å². The Hall–Kier alpha value is -2.76. The third-order valence-corrected chi connectivity index (χ3v) is 10.3. The van der Waals surface area contributed by atoms with E-state index >= 15 is 0 Å². The van der Waals surface area contributed by atoms with Crippen LogP contribution in [0.3, 0.4) is 0 Å². The first-order valence-corrected chi connectivity index (χ1v) is 17.3. The van der Waals surface area contributed by atoms with Crippen LogP contribution in [-0.4, -0.2) is 12.3 Å². The van der Waals surface area contributed by atoms with Crippen molar-refractivity contribution in [3.8, 4) is 0 Å². The van der Waals surface area contributed by atoms with Crippen LogP contribution in [-0.2, 0) is 22.0 Å². The molecule has 0 bridgehead atoms. The summed E-state index contributed by atoms with van der Waals surface area (Å²) >= 11 is 6.81. The fourth-order valence-electron chi connectivity index (χ4n) is 5.08. The Labute approximate surface area is 281 Å². The lowest BCUT2D eigenvalue weighted by molar-refractivity contribution is -0.112. The first kappa shape index (κ1) is 35.1. The molecule has 1 aliphatic carbocycles. The molecule has 1 N–H and O–H groups in total. The maximum atomic E-state index is 14.0. The van der Waals surface area contributed by atoms with Crippen molar-refractivity contribution >= 4 is 36.2 Å². The predicted octanol–water partition coefficient (Wildman–Crippen LogP) is 11.0. The third-order valence-electron chi connectivity index (χ3n) is 7.90. The average molecular weight is 643 g/mol. The lowest BCUT2D eigenvalue weighted by Gasteiger charge is -2.32. The number of Topliss-reactive ketones (excluding diaryl/α,β-unsaturated/α-hetero) is 1. The van der Waals surface area contributed by atoms with Crippen LogP contribution in [0, 0.1) is 10.8 Å². The number of hydrogen-bond acceptors (Lipinski definition) is 4. The number of carbonyl (C=O) groups is 1.